The van der Waals surface area contributed by atoms with E-state index in [-0.39, 0.29) is 17.9 Å². The van der Waals surface area contributed by atoms with Gasteiger partial charge in [-0.3, -0.25) is 4.79 Å². The van der Waals surface area contributed by atoms with Crippen LogP contribution in [-0.4, -0.2) is 42.3 Å². The number of carbonyl (C=O) groups is 2. The van der Waals surface area contributed by atoms with Crippen molar-refractivity contribution in [2.24, 2.45) is 0 Å². The van der Waals surface area contributed by atoms with E-state index in [0.717, 1.165) is 0 Å². The summed E-state index contributed by atoms with van der Waals surface area (Å²) in [5, 5.41) is 9.20. The average Bonchev–Trinajstić information content (AvgIpc) is 2.90. The Hall–Kier alpha value is -3.07. The summed E-state index contributed by atoms with van der Waals surface area (Å²) in [5.41, 5.74) is 0.428. The summed E-state index contributed by atoms with van der Waals surface area (Å²) in [6, 6.07) is 10.7. The zero-order valence-corrected chi connectivity index (χ0v) is 12.3. The van der Waals surface area contributed by atoms with Crippen LogP contribution in [0.1, 0.15) is 10.4 Å². The van der Waals surface area contributed by atoms with E-state index in [1.54, 1.807) is 53.5 Å². The van der Waals surface area contributed by atoms with Crippen molar-refractivity contribution in [1.29, 1.82) is 5.26 Å². The maximum atomic E-state index is 12.3. The van der Waals surface area contributed by atoms with Crippen molar-refractivity contribution in [2.45, 2.75) is 0 Å². The molecule has 0 radical (unpaired) electrons. The molecule has 6 nitrogen and oxygen atoms in total. The van der Waals surface area contributed by atoms with E-state index in [1.165, 1.54) is 7.11 Å². The summed E-state index contributed by atoms with van der Waals surface area (Å²) in [7, 11) is 2.90. The molecule has 0 N–H and O–H groups in total. The number of benzene rings is 1. The van der Waals surface area contributed by atoms with E-state index < -0.39 is 5.97 Å². The normalized spacial score (nSPS) is 15.5. The second-order valence-corrected chi connectivity index (χ2v) is 4.63. The monoisotopic (exact) mass is 297 g/mol. The van der Waals surface area contributed by atoms with Gasteiger partial charge in [-0.1, -0.05) is 30.3 Å². The fourth-order valence-corrected chi connectivity index (χ4v) is 2.13. The summed E-state index contributed by atoms with van der Waals surface area (Å²) in [6.07, 6.45) is 3.32. The molecule has 0 saturated heterocycles. The lowest BCUT2D eigenvalue weighted by molar-refractivity contribution is -0.135. The molecule has 6 heteroatoms. The predicted molar refractivity (Wildman–Crippen MR) is 79.0 cm³/mol. The molecule has 1 aromatic carbocycles. The van der Waals surface area contributed by atoms with Crippen LogP contribution in [0.25, 0.3) is 0 Å². The van der Waals surface area contributed by atoms with Crippen LogP contribution < -0.4 is 0 Å². The lowest BCUT2D eigenvalue weighted by Gasteiger charge is -2.22. The van der Waals surface area contributed by atoms with Crippen molar-refractivity contribution in [2.75, 3.05) is 20.7 Å². The molecule has 1 heterocycles. The van der Waals surface area contributed by atoms with Crippen molar-refractivity contribution in [3.63, 3.8) is 0 Å². The first-order valence-corrected chi connectivity index (χ1v) is 6.57. The van der Waals surface area contributed by atoms with E-state index in [9.17, 15) is 14.9 Å². The Kier molecular flexibility index (Phi) is 4.59. The van der Waals surface area contributed by atoms with Gasteiger partial charge in [0.15, 0.2) is 11.4 Å². The highest BCUT2D eigenvalue weighted by atomic mass is 16.5. The number of rotatable bonds is 4. The molecule has 0 fully saturated rings. The van der Waals surface area contributed by atoms with Crippen molar-refractivity contribution in [1.82, 2.24) is 9.80 Å². The summed E-state index contributed by atoms with van der Waals surface area (Å²) in [6.45, 7) is 0.0301. The fourth-order valence-electron chi connectivity index (χ4n) is 2.13. The molecule has 0 bridgehead atoms. The van der Waals surface area contributed by atoms with Gasteiger partial charge in [-0.25, -0.2) is 4.79 Å². The summed E-state index contributed by atoms with van der Waals surface area (Å²) in [5.74, 6) is -0.510. The lowest BCUT2D eigenvalue weighted by atomic mass is 10.1. The van der Waals surface area contributed by atoms with Crippen LogP contribution in [0.4, 0.5) is 0 Å². The highest BCUT2D eigenvalue weighted by Crippen LogP contribution is 2.22. The van der Waals surface area contributed by atoms with Gasteiger partial charge in [-0.2, -0.15) is 5.26 Å². The standard InChI is InChI=1S/C16H15N3O3/c1-18-8-9-19(15(18)13(10-17)16(21)22-2)11-14(20)12-6-4-3-5-7-12/h3-9H,11H2,1-2H3/b15-13-. The van der Waals surface area contributed by atoms with Crippen LogP contribution >= 0.6 is 0 Å². The largest absolute Gasteiger partial charge is 0.465 e. The molecule has 0 spiro atoms. The third-order valence-corrected chi connectivity index (χ3v) is 3.21. The minimum absolute atomic E-state index is 0.0301. The molecule has 0 unspecified atom stereocenters. The molecule has 0 saturated carbocycles. The molecule has 0 amide bonds. The molecular formula is C16H15N3O3. The maximum Gasteiger partial charge on any atom is 0.352 e. The average molecular weight is 297 g/mol. The number of ether oxygens (including phenoxy) is 1. The number of carbonyl (C=O) groups excluding carboxylic acids is 2. The zero-order valence-electron chi connectivity index (χ0n) is 12.3. The number of hydrogen-bond donors (Lipinski definition) is 0. The third kappa shape index (κ3) is 2.99. The number of methoxy groups -OCH3 is 1. The molecule has 1 aromatic rings. The summed E-state index contributed by atoms with van der Waals surface area (Å²) < 4.78 is 4.62. The van der Waals surface area contributed by atoms with Gasteiger partial charge in [0.2, 0.25) is 0 Å². The first-order valence-electron chi connectivity index (χ1n) is 6.57. The second-order valence-electron chi connectivity index (χ2n) is 4.63. The Balaban J connectivity index is 2.29. The van der Waals surface area contributed by atoms with Gasteiger partial charge >= 0.3 is 5.97 Å². The van der Waals surface area contributed by atoms with E-state index >= 15 is 0 Å². The van der Waals surface area contributed by atoms with Gasteiger partial charge in [-0.15, -0.1) is 0 Å². The van der Waals surface area contributed by atoms with Crippen LogP contribution in [-0.2, 0) is 9.53 Å². The topological polar surface area (TPSA) is 73.6 Å². The third-order valence-electron chi connectivity index (χ3n) is 3.21. The summed E-state index contributed by atoms with van der Waals surface area (Å²) in [4.78, 5) is 27.2. The van der Waals surface area contributed by atoms with Gasteiger partial charge in [0.1, 0.15) is 11.9 Å². The van der Waals surface area contributed by atoms with Gasteiger partial charge in [0.25, 0.3) is 0 Å². The van der Waals surface area contributed by atoms with Gasteiger partial charge < -0.3 is 14.5 Å². The summed E-state index contributed by atoms with van der Waals surface area (Å²) >= 11 is 0. The Labute approximate surface area is 128 Å². The SMILES string of the molecule is COC(=O)/C(C#N)=C1/N(C)C=CN1CC(=O)c1ccccc1. The first-order chi connectivity index (χ1) is 10.6. The van der Waals surface area contributed by atoms with Crippen LogP contribution in [0.15, 0.2) is 54.1 Å². The number of nitriles is 1. The molecule has 2 rings (SSSR count). The van der Waals surface area contributed by atoms with E-state index in [2.05, 4.69) is 4.74 Å². The lowest BCUT2D eigenvalue weighted by Crippen LogP contribution is -2.29. The van der Waals surface area contributed by atoms with Crippen molar-refractivity contribution in [3.8, 4) is 6.07 Å². The number of hydrogen-bond acceptors (Lipinski definition) is 6. The van der Waals surface area contributed by atoms with Crippen LogP contribution in [0.3, 0.4) is 0 Å². The zero-order chi connectivity index (χ0) is 16.1. The van der Waals surface area contributed by atoms with Crippen molar-refractivity contribution >= 4 is 11.8 Å². The van der Waals surface area contributed by atoms with E-state index in [4.69, 9.17) is 0 Å². The highest BCUT2D eigenvalue weighted by molar-refractivity contribution is 5.98. The van der Waals surface area contributed by atoms with E-state index in [0.29, 0.717) is 11.4 Å². The quantitative estimate of drug-likeness (QED) is 0.363. The van der Waals surface area contributed by atoms with E-state index in [1.807, 2.05) is 12.1 Å². The molecule has 0 aliphatic carbocycles. The minimum Gasteiger partial charge on any atom is -0.465 e. The molecule has 0 atom stereocenters. The molecular weight excluding hydrogens is 282 g/mol. The van der Waals surface area contributed by atoms with Gasteiger partial charge in [0.05, 0.1) is 13.7 Å². The number of ketones is 1. The second kappa shape index (κ2) is 6.59. The molecule has 112 valence electrons. The predicted octanol–water partition coefficient (Wildman–Crippen LogP) is 1.50. The Morgan fingerprint density at radius 2 is 1.91 bits per heavy atom. The Morgan fingerprint density at radius 3 is 2.50 bits per heavy atom. The highest BCUT2D eigenvalue weighted by Gasteiger charge is 2.27. The van der Waals surface area contributed by atoms with Gasteiger partial charge in [-0.05, 0) is 0 Å². The van der Waals surface area contributed by atoms with Crippen LogP contribution in [0.2, 0.25) is 0 Å². The molecule has 1 aliphatic heterocycles. The number of Topliss-reactive ketones (excluding diaryl/α,β-unsaturated/α-hetero) is 1. The fraction of sp³-hybridized carbons (Fsp3) is 0.188. The number of nitrogens with zero attached hydrogens (tertiary/aromatic N) is 3. The van der Waals surface area contributed by atoms with Crippen LogP contribution in [0, 0.1) is 11.3 Å². The molecule has 0 aromatic heterocycles. The minimum atomic E-state index is -0.731. The Morgan fingerprint density at radius 1 is 1.23 bits per heavy atom. The Bertz CT molecular complexity index is 686. The molecule has 22 heavy (non-hydrogen) atoms. The van der Waals surface area contributed by atoms with Gasteiger partial charge in [0, 0.05) is 25.0 Å². The first kappa shape index (κ1) is 15.3. The maximum absolute atomic E-state index is 12.3. The number of esters is 1. The van der Waals surface area contributed by atoms with Crippen molar-refractivity contribution in [3.05, 3.63) is 59.7 Å². The van der Waals surface area contributed by atoms with Crippen LogP contribution in [0.5, 0.6) is 0 Å². The molecule has 1 aliphatic rings. The van der Waals surface area contributed by atoms with Crippen molar-refractivity contribution < 1.29 is 14.3 Å². The smallest absolute Gasteiger partial charge is 0.352 e.